The average Bonchev–Trinajstić information content (AvgIpc) is 1.87. The zero-order valence-corrected chi connectivity index (χ0v) is 7.00. The van der Waals surface area contributed by atoms with Crippen LogP contribution in [-0.4, -0.2) is 16.5 Å². The van der Waals surface area contributed by atoms with Crippen LogP contribution < -0.4 is 0 Å². The first-order chi connectivity index (χ1) is 4.98. The summed E-state index contributed by atoms with van der Waals surface area (Å²) >= 11 is 0. The lowest BCUT2D eigenvalue weighted by Gasteiger charge is -2.11. The number of rotatable bonds is 4. The van der Waals surface area contributed by atoms with E-state index in [-0.39, 0.29) is 5.78 Å². The first-order valence-electron chi connectivity index (χ1n) is 3.51. The Balaban J connectivity index is 3.92. The van der Waals surface area contributed by atoms with E-state index in [0.717, 1.165) is 0 Å². The SMILES string of the molecule is C=C[C@](C)(O)C=CCC(C)=O. The molecule has 0 aliphatic carbocycles. The molecule has 1 N–H and O–H groups in total. The van der Waals surface area contributed by atoms with E-state index in [4.69, 9.17) is 0 Å². The van der Waals surface area contributed by atoms with Crippen LogP contribution in [0.4, 0.5) is 0 Å². The number of hydrogen-bond donors (Lipinski definition) is 1. The molecule has 0 aromatic rings. The van der Waals surface area contributed by atoms with Crippen LogP contribution in [0.1, 0.15) is 20.3 Å². The maximum Gasteiger partial charge on any atom is 0.133 e. The highest BCUT2D eigenvalue weighted by Gasteiger charge is 2.08. The molecule has 2 heteroatoms. The van der Waals surface area contributed by atoms with Crippen molar-refractivity contribution in [1.29, 1.82) is 0 Å². The zero-order chi connectivity index (χ0) is 8.91. The quantitative estimate of drug-likeness (QED) is 0.622. The smallest absolute Gasteiger partial charge is 0.133 e. The van der Waals surface area contributed by atoms with Crippen molar-refractivity contribution < 1.29 is 9.90 Å². The first-order valence-corrected chi connectivity index (χ1v) is 3.51. The molecular formula is C9H14O2. The predicted molar refractivity (Wildman–Crippen MR) is 45.3 cm³/mol. The van der Waals surface area contributed by atoms with Crippen molar-refractivity contribution in [3.63, 3.8) is 0 Å². The van der Waals surface area contributed by atoms with Crippen LogP contribution in [0.25, 0.3) is 0 Å². The minimum absolute atomic E-state index is 0.0844. The third-order valence-electron chi connectivity index (χ3n) is 1.27. The molecule has 2 nitrogen and oxygen atoms in total. The molecule has 0 bridgehead atoms. The topological polar surface area (TPSA) is 37.3 Å². The van der Waals surface area contributed by atoms with Crippen molar-refractivity contribution in [2.24, 2.45) is 0 Å². The van der Waals surface area contributed by atoms with Crippen molar-refractivity contribution in [2.75, 3.05) is 0 Å². The molecule has 62 valence electrons. The van der Waals surface area contributed by atoms with Gasteiger partial charge in [-0.1, -0.05) is 24.8 Å². The van der Waals surface area contributed by atoms with E-state index < -0.39 is 5.60 Å². The van der Waals surface area contributed by atoms with Gasteiger partial charge in [-0.2, -0.15) is 0 Å². The lowest BCUT2D eigenvalue weighted by molar-refractivity contribution is -0.116. The summed E-state index contributed by atoms with van der Waals surface area (Å²) in [6.07, 6.45) is 4.99. The summed E-state index contributed by atoms with van der Waals surface area (Å²) in [7, 11) is 0. The molecule has 0 amide bonds. The van der Waals surface area contributed by atoms with Crippen molar-refractivity contribution >= 4 is 5.78 Å². The van der Waals surface area contributed by atoms with Crippen LogP contribution in [0, 0.1) is 0 Å². The normalized spacial score (nSPS) is 16.3. The third kappa shape index (κ3) is 5.55. The second kappa shape index (κ2) is 4.09. The van der Waals surface area contributed by atoms with Crippen LogP contribution in [0.5, 0.6) is 0 Å². The van der Waals surface area contributed by atoms with Crippen LogP contribution >= 0.6 is 0 Å². The van der Waals surface area contributed by atoms with Gasteiger partial charge in [-0.05, 0) is 13.8 Å². The fourth-order valence-corrected chi connectivity index (χ4v) is 0.532. The van der Waals surface area contributed by atoms with E-state index in [1.54, 1.807) is 19.1 Å². The Morgan fingerprint density at radius 1 is 1.73 bits per heavy atom. The van der Waals surface area contributed by atoms with Gasteiger partial charge in [-0.25, -0.2) is 0 Å². The lowest BCUT2D eigenvalue weighted by Crippen LogP contribution is -2.15. The summed E-state index contributed by atoms with van der Waals surface area (Å²) in [5, 5.41) is 9.32. The number of ketones is 1. The van der Waals surface area contributed by atoms with E-state index in [0.29, 0.717) is 6.42 Å². The summed E-state index contributed by atoms with van der Waals surface area (Å²) in [6, 6.07) is 0. The Kier molecular flexibility index (Phi) is 3.76. The zero-order valence-electron chi connectivity index (χ0n) is 7.00. The van der Waals surface area contributed by atoms with Crippen LogP contribution in [0.3, 0.4) is 0 Å². The molecular weight excluding hydrogens is 140 g/mol. The number of allylic oxidation sites excluding steroid dienone is 1. The van der Waals surface area contributed by atoms with Gasteiger partial charge < -0.3 is 5.11 Å². The van der Waals surface area contributed by atoms with E-state index >= 15 is 0 Å². The number of carbonyl (C=O) groups excluding carboxylic acids is 1. The molecule has 0 aromatic carbocycles. The minimum atomic E-state index is -0.991. The molecule has 1 atom stereocenters. The second-order valence-corrected chi connectivity index (χ2v) is 2.74. The Morgan fingerprint density at radius 2 is 2.27 bits per heavy atom. The van der Waals surface area contributed by atoms with Crippen molar-refractivity contribution in [1.82, 2.24) is 0 Å². The van der Waals surface area contributed by atoms with Gasteiger partial charge in [0.2, 0.25) is 0 Å². The minimum Gasteiger partial charge on any atom is -0.382 e. The van der Waals surface area contributed by atoms with E-state index in [9.17, 15) is 9.90 Å². The largest absolute Gasteiger partial charge is 0.382 e. The van der Waals surface area contributed by atoms with Gasteiger partial charge in [-0.15, -0.1) is 0 Å². The van der Waals surface area contributed by atoms with Gasteiger partial charge >= 0.3 is 0 Å². The molecule has 0 aliphatic heterocycles. The number of Topliss-reactive ketones (excluding diaryl/α,β-unsaturated/α-hetero) is 1. The van der Waals surface area contributed by atoms with Crippen molar-refractivity contribution in [3.05, 3.63) is 24.8 Å². The molecule has 0 radical (unpaired) electrons. The summed E-state index contributed by atoms with van der Waals surface area (Å²) in [6.45, 7) is 6.56. The van der Waals surface area contributed by atoms with Gasteiger partial charge in [0, 0.05) is 6.42 Å². The fraction of sp³-hybridized carbons (Fsp3) is 0.444. The van der Waals surface area contributed by atoms with Crippen molar-refractivity contribution in [3.8, 4) is 0 Å². The van der Waals surface area contributed by atoms with Crippen LogP contribution in [0.15, 0.2) is 24.8 Å². The molecule has 0 fully saturated rings. The molecule has 0 unspecified atom stereocenters. The Hall–Kier alpha value is -0.890. The van der Waals surface area contributed by atoms with E-state index in [1.165, 1.54) is 13.0 Å². The second-order valence-electron chi connectivity index (χ2n) is 2.74. The molecule has 0 aromatic heterocycles. The Bertz CT molecular complexity index is 178. The fourth-order valence-electron chi connectivity index (χ4n) is 0.532. The van der Waals surface area contributed by atoms with E-state index in [1.807, 2.05) is 0 Å². The molecule has 11 heavy (non-hydrogen) atoms. The highest BCUT2D eigenvalue weighted by Crippen LogP contribution is 2.06. The van der Waals surface area contributed by atoms with Gasteiger partial charge in [0.1, 0.15) is 5.78 Å². The van der Waals surface area contributed by atoms with Crippen molar-refractivity contribution in [2.45, 2.75) is 25.9 Å². The highest BCUT2D eigenvalue weighted by molar-refractivity contribution is 5.76. The average molecular weight is 154 g/mol. The molecule has 0 heterocycles. The number of aliphatic hydroxyl groups is 1. The first kappa shape index (κ1) is 10.1. The summed E-state index contributed by atoms with van der Waals surface area (Å²) < 4.78 is 0. The van der Waals surface area contributed by atoms with Gasteiger partial charge in [0.05, 0.1) is 5.60 Å². The summed E-state index contributed by atoms with van der Waals surface area (Å²) in [5.74, 6) is 0.0844. The Labute approximate surface area is 67.2 Å². The maximum atomic E-state index is 10.5. The van der Waals surface area contributed by atoms with Gasteiger partial charge in [0.25, 0.3) is 0 Å². The monoisotopic (exact) mass is 154 g/mol. The van der Waals surface area contributed by atoms with Crippen LogP contribution in [-0.2, 0) is 4.79 Å². The van der Waals surface area contributed by atoms with Gasteiger partial charge in [0.15, 0.2) is 0 Å². The maximum absolute atomic E-state index is 10.5. The molecule has 0 rings (SSSR count). The summed E-state index contributed by atoms with van der Waals surface area (Å²) in [4.78, 5) is 10.5. The number of hydrogen-bond acceptors (Lipinski definition) is 2. The molecule has 0 saturated carbocycles. The molecule has 0 saturated heterocycles. The molecule has 0 aliphatic rings. The molecule has 0 spiro atoms. The Morgan fingerprint density at radius 3 is 2.64 bits per heavy atom. The lowest BCUT2D eigenvalue weighted by atomic mass is 10.1. The van der Waals surface area contributed by atoms with E-state index in [2.05, 4.69) is 6.58 Å². The number of carbonyl (C=O) groups is 1. The standard InChI is InChI=1S/C9H14O2/c1-4-9(3,11)7-5-6-8(2)10/h4-5,7,11H,1,6H2,2-3H3/t9-/m0/s1. The summed E-state index contributed by atoms with van der Waals surface area (Å²) in [5.41, 5.74) is -0.991. The third-order valence-corrected chi connectivity index (χ3v) is 1.27. The van der Waals surface area contributed by atoms with Crippen LogP contribution in [0.2, 0.25) is 0 Å². The highest BCUT2D eigenvalue weighted by atomic mass is 16.3. The van der Waals surface area contributed by atoms with Gasteiger partial charge in [-0.3, -0.25) is 4.79 Å². The predicted octanol–water partition coefficient (Wildman–Crippen LogP) is 1.46.